The van der Waals surface area contributed by atoms with Gasteiger partial charge in [-0.05, 0) is 12.8 Å². The van der Waals surface area contributed by atoms with Crippen LogP contribution in [0.25, 0.3) is 0 Å². The van der Waals surface area contributed by atoms with E-state index in [-0.39, 0.29) is 5.54 Å². The first-order valence-electron chi connectivity index (χ1n) is 5.60. The molecule has 14 heavy (non-hydrogen) atoms. The van der Waals surface area contributed by atoms with Gasteiger partial charge in [-0.25, -0.2) is 0 Å². The van der Waals surface area contributed by atoms with Crippen LogP contribution in [0.1, 0.15) is 44.9 Å². The minimum absolute atomic E-state index is 0.269. The van der Waals surface area contributed by atoms with Crippen molar-refractivity contribution in [3.63, 3.8) is 0 Å². The molecule has 0 spiro atoms. The summed E-state index contributed by atoms with van der Waals surface area (Å²) >= 11 is 0. The fraction of sp³-hybridized carbons (Fsp3) is 0.750. The molecule has 1 saturated carbocycles. The molecule has 1 aliphatic carbocycles. The molecule has 0 atom stereocenters. The Morgan fingerprint density at radius 1 is 1.21 bits per heavy atom. The molecule has 1 fully saturated rings. The molecular weight excluding hydrogens is 172 g/mol. The summed E-state index contributed by atoms with van der Waals surface area (Å²) in [5, 5.41) is 12.6. The van der Waals surface area contributed by atoms with Crippen LogP contribution in [0.4, 0.5) is 0 Å². The third-order valence-corrected chi connectivity index (χ3v) is 3.01. The Morgan fingerprint density at radius 3 is 2.29 bits per heavy atom. The molecule has 0 aromatic carbocycles. The number of nitrogens with one attached hydrogen (secondary N) is 1. The largest absolute Gasteiger partial charge is 0.296 e. The molecule has 0 radical (unpaired) electrons. The second kappa shape index (κ2) is 5.82. The fourth-order valence-electron chi connectivity index (χ4n) is 2.10. The van der Waals surface area contributed by atoms with Crippen molar-refractivity contribution in [2.75, 3.05) is 6.54 Å². The van der Waals surface area contributed by atoms with Gasteiger partial charge >= 0.3 is 0 Å². The van der Waals surface area contributed by atoms with Gasteiger partial charge in [0.15, 0.2) is 0 Å². The summed E-state index contributed by atoms with van der Waals surface area (Å²) in [5.74, 6) is 0. The van der Waals surface area contributed by atoms with Gasteiger partial charge in [0.25, 0.3) is 0 Å². The molecule has 2 nitrogen and oxygen atoms in total. The van der Waals surface area contributed by atoms with E-state index < -0.39 is 0 Å². The second-order valence-electron chi connectivity index (χ2n) is 4.13. The molecule has 0 aromatic rings. The smallest absolute Gasteiger partial charge is 0.107 e. The van der Waals surface area contributed by atoms with Gasteiger partial charge in [-0.15, -0.1) is 6.58 Å². The monoisotopic (exact) mass is 192 g/mol. The summed E-state index contributed by atoms with van der Waals surface area (Å²) < 4.78 is 0. The molecule has 0 heterocycles. The molecule has 0 saturated heterocycles. The Hall–Kier alpha value is -0.810. The van der Waals surface area contributed by atoms with Crippen LogP contribution in [0, 0.1) is 11.3 Å². The summed E-state index contributed by atoms with van der Waals surface area (Å²) in [6.45, 7) is 4.42. The van der Waals surface area contributed by atoms with Gasteiger partial charge in [0.2, 0.25) is 0 Å². The third kappa shape index (κ3) is 3.16. The highest BCUT2D eigenvalue weighted by Crippen LogP contribution is 2.25. The van der Waals surface area contributed by atoms with E-state index in [1.807, 2.05) is 6.08 Å². The highest BCUT2D eigenvalue weighted by Gasteiger charge is 2.28. The number of nitriles is 1. The summed E-state index contributed by atoms with van der Waals surface area (Å²) in [5.41, 5.74) is -0.269. The zero-order valence-electron chi connectivity index (χ0n) is 8.89. The standard InChI is InChI=1S/C12H20N2/c1-2-10-14-12(11-13)8-6-4-3-5-7-9-12/h2,14H,1,3-10H2. The van der Waals surface area contributed by atoms with Crippen LogP contribution in [0.5, 0.6) is 0 Å². The second-order valence-corrected chi connectivity index (χ2v) is 4.13. The quantitative estimate of drug-likeness (QED) is 0.698. The van der Waals surface area contributed by atoms with Gasteiger partial charge in [0.1, 0.15) is 5.54 Å². The van der Waals surface area contributed by atoms with Gasteiger partial charge in [0, 0.05) is 6.54 Å². The number of nitrogens with zero attached hydrogens (tertiary/aromatic N) is 1. The van der Waals surface area contributed by atoms with E-state index in [4.69, 9.17) is 0 Å². The van der Waals surface area contributed by atoms with Gasteiger partial charge < -0.3 is 0 Å². The minimum atomic E-state index is -0.269. The molecule has 0 unspecified atom stereocenters. The van der Waals surface area contributed by atoms with Crippen LogP contribution in [0.3, 0.4) is 0 Å². The maximum absolute atomic E-state index is 9.24. The van der Waals surface area contributed by atoms with Crippen molar-refractivity contribution >= 4 is 0 Å². The fourth-order valence-corrected chi connectivity index (χ4v) is 2.10. The number of hydrogen-bond donors (Lipinski definition) is 1. The Bertz CT molecular complexity index is 207. The Morgan fingerprint density at radius 2 is 1.79 bits per heavy atom. The van der Waals surface area contributed by atoms with Crippen LogP contribution in [0.2, 0.25) is 0 Å². The maximum atomic E-state index is 9.24. The Balaban J connectivity index is 2.54. The Kier molecular flexibility index (Phi) is 4.69. The van der Waals surface area contributed by atoms with Crippen LogP contribution in [-0.4, -0.2) is 12.1 Å². The van der Waals surface area contributed by atoms with E-state index in [9.17, 15) is 5.26 Å². The molecule has 0 amide bonds. The van der Waals surface area contributed by atoms with E-state index in [2.05, 4.69) is 18.0 Å². The van der Waals surface area contributed by atoms with Crippen LogP contribution >= 0.6 is 0 Å². The highest BCUT2D eigenvalue weighted by molar-refractivity contribution is 5.08. The van der Waals surface area contributed by atoms with Crippen molar-refractivity contribution < 1.29 is 0 Å². The van der Waals surface area contributed by atoms with Crippen molar-refractivity contribution in [2.24, 2.45) is 0 Å². The van der Waals surface area contributed by atoms with Crippen LogP contribution in [0.15, 0.2) is 12.7 Å². The predicted molar refractivity (Wildman–Crippen MR) is 58.9 cm³/mol. The van der Waals surface area contributed by atoms with E-state index >= 15 is 0 Å². The zero-order chi connectivity index (χ0) is 10.3. The molecular formula is C12H20N2. The molecule has 78 valence electrons. The van der Waals surface area contributed by atoms with Crippen molar-refractivity contribution in [1.29, 1.82) is 5.26 Å². The van der Waals surface area contributed by atoms with Crippen molar-refractivity contribution in [2.45, 2.75) is 50.5 Å². The minimum Gasteiger partial charge on any atom is -0.296 e. The van der Waals surface area contributed by atoms with Crippen LogP contribution in [-0.2, 0) is 0 Å². The van der Waals surface area contributed by atoms with E-state index in [0.29, 0.717) is 0 Å². The first-order valence-corrected chi connectivity index (χ1v) is 5.60. The predicted octanol–water partition coefficient (Wildman–Crippen LogP) is 2.77. The first-order chi connectivity index (χ1) is 6.83. The highest BCUT2D eigenvalue weighted by atomic mass is 15.0. The van der Waals surface area contributed by atoms with E-state index in [1.54, 1.807) is 0 Å². The van der Waals surface area contributed by atoms with Crippen LogP contribution < -0.4 is 5.32 Å². The Labute approximate surface area is 87.0 Å². The molecule has 0 bridgehead atoms. The maximum Gasteiger partial charge on any atom is 0.107 e. The molecule has 0 aliphatic heterocycles. The van der Waals surface area contributed by atoms with E-state index in [0.717, 1.165) is 19.4 Å². The zero-order valence-corrected chi connectivity index (χ0v) is 8.89. The lowest BCUT2D eigenvalue weighted by Gasteiger charge is -2.29. The van der Waals surface area contributed by atoms with Gasteiger partial charge in [-0.3, -0.25) is 5.32 Å². The lowest BCUT2D eigenvalue weighted by atomic mass is 9.85. The lowest BCUT2D eigenvalue weighted by molar-refractivity contribution is 0.327. The summed E-state index contributed by atoms with van der Waals surface area (Å²) in [4.78, 5) is 0. The molecule has 2 heteroatoms. The van der Waals surface area contributed by atoms with Gasteiger partial charge in [0.05, 0.1) is 6.07 Å². The van der Waals surface area contributed by atoms with Gasteiger partial charge in [-0.2, -0.15) is 5.26 Å². The summed E-state index contributed by atoms with van der Waals surface area (Å²) in [6.07, 6.45) is 10.1. The average molecular weight is 192 g/mol. The lowest BCUT2D eigenvalue weighted by Crippen LogP contribution is -2.44. The number of hydrogen-bond acceptors (Lipinski definition) is 2. The number of rotatable bonds is 3. The normalized spacial score (nSPS) is 21.6. The van der Waals surface area contributed by atoms with Gasteiger partial charge in [-0.1, -0.05) is 38.2 Å². The summed E-state index contributed by atoms with van der Waals surface area (Å²) in [6, 6.07) is 2.46. The molecule has 1 rings (SSSR count). The molecule has 1 aliphatic rings. The topological polar surface area (TPSA) is 35.8 Å². The van der Waals surface area contributed by atoms with Crippen molar-refractivity contribution in [1.82, 2.24) is 5.32 Å². The molecule has 1 N–H and O–H groups in total. The first kappa shape index (κ1) is 11.3. The van der Waals surface area contributed by atoms with Crippen molar-refractivity contribution in [3.05, 3.63) is 12.7 Å². The van der Waals surface area contributed by atoms with Crippen molar-refractivity contribution in [3.8, 4) is 6.07 Å². The summed E-state index contributed by atoms with van der Waals surface area (Å²) in [7, 11) is 0. The SMILES string of the molecule is C=CCNC1(C#N)CCCCCCC1. The molecule has 0 aromatic heterocycles. The van der Waals surface area contributed by atoms with E-state index in [1.165, 1.54) is 32.1 Å². The third-order valence-electron chi connectivity index (χ3n) is 3.01. The average Bonchev–Trinajstić information content (AvgIpc) is 2.18.